The van der Waals surface area contributed by atoms with Gasteiger partial charge in [-0.05, 0) is 124 Å². The van der Waals surface area contributed by atoms with Gasteiger partial charge in [-0.15, -0.1) is 0 Å². The molecule has 4 heterocycles. The van der Waals surface area contributed by atoms with Crippen molar-refractivity contribution in [3.05, 3.63) is 88.5 Å². The second-order valence-corrected chi connectivity index (χ2v) is 18.0. The third-order valence-corrected chi connectivity index (χ3v) is 13.8. The van der Waals surface area contributed by atoms with Crippen molar-refractivity contribution in [1.82, 2.24) is 29.6 Å². The molecule has 17 heteroatoms. The van der Waals surface area contributed by atoms with Crippen molar-refractivity contribution in [3.63, 3.8) is 0 Å². The van der Waals surface area contributed by atoms with Crippen LogP contribution in [0.25, 0.3) is 11.0 Å². The largest absolute Gasteiger partial charge is 0.490 e. The molecule has 5 amide bonds. The number of benzene rings is 3. The van der Waals surface area contributed by atoms with Gasteiger partial charge in [-0.1, -0.05) is 12.1 Å². The Hall–Kier alpha value is -5.65. The van der Waals surface area contributed by atoms with Gasteiger partial charge in [0.05, 0.1) is 33.8 Å². The smallest absolute Gasteiger partial charge is 0.416 e. The average molecular weight is 884 g/mol. The zero-order valence-corrected chi connectivity index (χ0v) is 35.4. The highest BCUT2D eigenvalue weighted by molar-refractivity contribution is 6.23. The Labute approximate surface area is 368 Å². The Morgan fingerprint density at radius 2 is 1.53 bits per heavy atom. The number of imide groups is 2. The van der Waals surface area contributed by atoms with E-state index in [1.165, 1.54) is 12.1 Å². The fraction of sp³-hybridized carbons (Fsp3) is 0.489. The summed E-state index contributed by atoms with van der Waals surface area (Å²) in [7, 11) is 0. The van der Waals surface area contributed by atoms with E-state index < -0.39 is 47.3 Å². The van der Waals surface area contributed by atoms with E-state index in [2.05, 4.69) is 26.5 Å². The Morgan fingerprint density at radius 3 is 2.25 bits per heavy atom. The SMILES string of the molecule is O=C1CCC(N2C(=O)c3ccc(OC4CCC(CN5CCN(Cc6ccc7c(c6)nc(NC(=O)c6cccc(C(F)(F)F)c6)n7[C@H]6CC[C@@H](CO)CC6)CC5)CC4)cc3C2=O)C(=O)N1. The molecule has 2 aliphatic carbocycles. The fourth-order valence-electron chi connectivity index (χ4n) is 10.2. The number of nitrogens with one attached hydrogen (secondary N) is 2. The molecule has 1 atom stereocenters. The van der Waals surface area contributed by atoms with Crippen LogP contribution in [0, 0.1) is 11.8 Å². The van der Waals surface area contributed by atoms with Crippen molar-refractivity contribution in [2.45, 2.75) is 95.1 Å². The van der Waals surface area contributed by atoms with Crippen molar-refractivity contribution in [3.8, 4) is 5.75 Å². The van der Waals surface area contributed by atoms with E-state index in [0.29, 0.717) is 23.1 Å². The second-order valence-electron chi connectivity index (χ2n) is 18.0. The minimum Gasteiger partial charge on any atom is -0.490 e. The highest BCUT2D eigenvalue weighted by atomic mass is 19.4. The van der Waals surface area contributed by atoms with Crippen molar-refractivity contribution < 1.29 is 47.0 Å². The van der Waals surface area contributed by atoms with Crippen LogP contribution in [0.4, 0.5) is 19.1 Å². The van der Waals surface area contributed by atoms with Crippen LogP contribution < -0.4 is 15.4 Å². The van der Waals surface area contributed by atoms with Crippen molar-refractivity contribution in [2.24, 2.45) is 11.8 Å². The van der Waals surface area contributed by atoms with E-state index in [1.807, 2.05) is 16.7 Å². The molecule has 1 unspecified atom stereocenters. The van der Waals surface area contributed by atoms with E-state index >= 15 is 0 Å². The minimum absolute atomic E-state index is 0.0115. The number of imidazole rings is 1. The molecule has 2 saturated heterocycles. The predicted octanol–water partition coefficient (Wildman–Crippen LogP) is 6.19. The molecule has 9 rings (SSSR count). The Morgan fingerprint density at radius 1 is 0.812 bits per heavy atom. The lowest BCUT2D eigenvalue weighted by Crippen LogP contribution is -2.54. The number of aromatic nitrogens is 2. The molecular formula is C47H52F3N7O7. The molecule has 3 N–H and O–H groups in total. The average Bonchev–Trinajstić information content (AvgIpc) is 3.76. The van der Waals surface area contributed by atoms with Gasteiger partial charge >= 0.3 is 6.18 Å². The normalized spacial score (nSPS) is 24.8. The number of anilines is 1. The first-order valence-electron chi connectivity index (χ1n) is 22.4. The Bertz CT molecular complexity index is 2450. The number of piperidine rings is 1. The molecule has 1 aromatic heterocycles. The molecule has 4 aromatic rings. The number of ether oxygens (including phenoxy) is 1. The van der Waals surface area contributed by atoms with E-state index in [9.17, 15) is 42.3 Å². The monoisotopic (exact) mass is 883 g/mol. The van der Waals surface area contributed by atoms with E-state index in [1.54, 1.807) is 18.2 Å². The number of hydrogen-bond acceptors (Lipinski definition) is 10. The van der Waals surface area contributed by atoms with Crippen molar-refractivity contribution in [2.75, 3.05) is 44.6 Å². The number of aliphatic hydroxyl groups excluding tert-OH is 1. The molecule has 2 saturated carbocycles. The third kappa shape index (κ3) is 9.15. The summed E-state index contributed by atoms with van der Waals surface area (Å²) in [6.07, 6.45) is 2.54. The first kappa shape index (κ1) is 43.6. The second kappa shape index (κ2) is 18.1. The van der Waals surface area contributed by atoms with Gasteiger partial charge in [0.2, 0.25) is 17.8 Å². The summed E-state index contributed by atoms with van der Waals surface area (Å²) in [6, 6.07) is 14.4. The summed E-state index contributed by atoms with van der Waals surface area (Å²) >= 11 is 0. The van der Waals surface area contributed by atoms with Gasteiger partial charge in [-0.2, -0.15) is 13.2 Å². The maximum Gasteiger partial charge on any atom is 0.416 e. The molecule has 0 radical (unpaired) electrons. The quantitative estimate of drug-likeness (QED) is 0.148. The molecule has 0 bridgehead atoms. The lowest BCUT2D eigenvalue weighted by molar-refractivity contribution is -0.138. The number of nitrogens with zero attached hydrogens (tertiary/aromatic N) is 5. The Balaban J connectivity index is 0.773. The number of alkyl halides is 3. The summed E-state index contributed by atoms with van der Waals surface area (Å²) in [5, 5.41) is 14.8. The molecular weight excluding hydrogens is 832 g/mol. The number of hydrogen-bond donors (Lipinski definition) is 3. The van der Waals surface area contributed by atoms with Gasteiger partial charge in [0.15, 0.2) is 0 Å². The standard InChI is InChI=1S/C47H52F3N7O7/c48-47(49,50)32-3-1-2-31(23-32)42(60)53-46-51-38-22-30(8-15-39(38)56(46)33-9-4-29(27-58)5-10-33)26-55-20-18-54(19-21-55)25-28-6-11-34(12-7-28)64-35-13-14-36-37(24-35)45(63)57(44(36)62)40-16-17-41(59)52-43(40)61/h1-3,8,13-15,22-24,28-29,33-34,40,58H,4-7,9-12,16-21,25-27H2,(H,51,53,60)(H,52,59,61)/t28?,29-,33+,34?,40?. The number of rotatable bonds is 11. The summed E-state index contributed by atoms with van der Waals surface area (Å²) in [6.45, 7) is 5.53. The molecule has 14 nitrogen and oxygen atoms in total. The Kier molecular flexibility index (Phi) is 12.3. The fourth-order valence-corrected chi connectivity index (χ4v) is 10.2. The number of piperazine rings is 1. The molecule has 338 valence electrons. The lowest BCUT2D eigenvalue weighted by Gasteiger charge is -2.38. The molecule has 5 aliphatic rings. The molecule has 0 spiro atoms. The van der Waals surface area contributed by atoms with Crippen molar-refractivity contribution >= 4 is 46.5 Å². The van der Waals surface area contributed by atoms with Crippen LogP contribution in [-0.4, -0.2) is 110 Å². The highest BCUT2D eigenvalue weighted by Crippen LogP contribution is 2.38. The van der Waals surface area contributed by atoms with Crippen LogP contribution in [0.1, 0.15) is 112 Å². The first-order valence-corrected chi connectivity index (χ1v) is 22.4. The van der Waals surface area contributed by atoms with Crippen LogP contribution in [0.5, 0.6) is 5.75 Å². The van der Waals surface area contributed by atoms with Crippen LogP contribution in [0.2, 0.25) is 0 Å². The zero-order valence-electron chi connectivity index (χ0n) is 35.4. The number of carbonyl (C=O) groups excluding carboxylic acids is 5. The van der Waals surface area contributed by atoms with Crippen LogP contribution in [0.15, 0.2) is 60.7 Å². The number of halogens is 3. The topological polar surface area (TPSA) is 166 Å². The highest BCUT2D eigenvalue weighted by Gasteiger charge is 2.45. The van der Waals surface area contributed by atoms with Crippen LogP contribution in [-0.2, 0) is 22.3 Å². The maximum atomic E-state index is 13.4. The minimum atomic E-state index is -4.58. The molecule has 64 heavy (non-hydrogen) atoms. The summed E-state index contributed by atoms with van der Waals surface area (Å²) < 4.78 is 48.7. The number of aliphatic hydroxyl groups is 1. The zero-order chi connectivity index (χ0) is 44.7. The van der Waals surface area contributed by atoms with Gasteiger partial charge in [0.1, 0.15) is 11.8 Å². The first-order chi connectivity index (χ1) is 30.8. The van der Waals surface area contributed by atoms with Gasteiger partial charge in [-0.3, -0.25) is 44.4 Å². The van der Waals surface area contributed by atoms with Gasteiger partial charge < -0.3 is 19.3 Å². The summed E-state index contributed by atoms with van der Waals surface area (Å²) in [5.41, 5.74) is 2.07. The third-order valence-electron chi connectivity index (χ3n) is 13.8. The lowest BCUT2D eigenvalue weighted by atomic mass is 9.86. The number of carbonyl (C=O) groups is 5. The predicted molar refractivity (Wildman–Crippen MR) is 228 cm³/mol. The van der Waals surface area contributed by atoms with Gasteiger partial charge in [0, 0.05) is 63.9 Å². The molecule has 3 aliphatic heterocycles. The molecule has 3 aromatic carbocycles. The van der Waals surface area contributed by atoms with E-state index in [-0.39, 0.29) is 54.2 Å². The summed E-state index contributed by atoms with van der Waals surface area (Å²) in [4.78, 5) is 74.5. The van der Waals surface area contributed by atoms with E-state index in [4.69, 9.17) is 9.72 Å². The maximum absolute atomic E-state index is 13.4. The van der Waals surface area contributed by atoms with Crippen LogP contribution in [0.3, 0.4) is 0 Å². The van der Waals surface area contributed by atoms with E-state index in [0.717, 1.165) is 119 Å². The van der Waals surface area contributed by atoms with Crippen LogP contribution >= 0.6 is 0 Å². The molecule has 4 fully saturated rings. The van der Waals surface area contributed by atoms with Gasteiger partial charge in [0.25, 0.3) is 17.7 Å². The van der Waals surface area contributed by atoms with Crippen molar-refractivity contribution in [1.29, 1.82) is 0 Å². The summed E-state index contributed by atoms with van der Waals surface area (Å²) in [5.74, 6) is -1.25. The van der Waals surface area contributed by atoms with Gasteiger partial charge in [-0.25, -0.2) is 4.98 Å². The number of amides is 5. The number of fused-ring (bicyclic) bond motifs is 2.